The molecule has 1 aliphatic rings. The number of benzene rings is 1. The first kappa shape index (κ1) is 20.9. The number of nitrogens with zero attached hydrogens (tertiary/aromatic N) is 2. The van der Waals surface area contributed by atoms with Gasteiger partial charge in [0.2, 0.25) is 10.0 Å². The molecule has 0 amide bonds. The van der Waals surface area contributed by atoms with E-state index in [0.717, 1.165) is 22.8 Å². The van der Waals surface area contributed by atoms with E-state index in [4.69, 9.17) is 0 Å². The summed E-state index contributed by atoms with van der Waals surface area (Å²) in [5.74, 6) is 0. The van der Waals surface area contributed by atoms with E-state index < -0.39 is 27.1 Å². The maximum atomic E-state index is 12.9. The number of halogens is 3. The summed E-state index contributed by atoms with van der Waals surface area (Å²) in [6.07, 6.45) is -2.93. The quantitative estimate of drug-likeness (QED) is 0.787. The maximum absolute atomic E-state index is 12.9. The van der Waals surface area contributed by atoms with Gasteiger partial charge in [-0.1, -0.05) is 18.2 Å². The molecule has 1 N–H and O–H groups in total. The van der Waals surface area contributed by atoms with Crippen molar-refractivity contribution in [1.29, 1.82) is 0 Å². The van der Waals surface area contributed by atoms with Gasteiger partial charge in [0.15, 0.2) is 5.69 Å². The second-order valence-corrected chi connectivity index (χ2v) is 9.70. The zero-order valence-corrected chi connectivity index (χ0v) is 16.9. The average Bonchev–Trinajstić information content (AvgIpc) is 3.16. The number of hydrogen-bond acceptors (Lipinski definition) is 3. The minimum atomic E-state index is -4.46. The summed E-state index contributed by atoms with van der Waals surface area (Å²) < 4.78 is 67.1. The Morgan fingerprint density at radius 3 is 2.50 bits per heavy atom. The molecule has 1 unspecified atom stereocenters. The molecule has 1 atom stereocenters. The van der Waals surface area contributed by atoms with Crippen molar-refractivity contribution in [3.05, 3.63) is 52.3 Å². The van der Waals surface area contributed by atoms with E-state index in [2.05, 4.69) is 9.82 Å². The van der Waals surface area contributed by atoms with Crippen LogP contribution in [0.3, 0.4) is 0 Å². The van der Waals surface area contributed by atoms with Crippen LogP contribution in [0.25, 0.3) is 0 Å². The van der Waals surface area contributed by atoms with Crippen LogP contribution < -0.4 is 4.72 Å². The topological polar surface area (TPSA) is 64.0 Å². The molecular weight excluding hydrogens is 391 g/mol. The molecule has 0 spiro atoms. The van der Waals surface area contributed by atoms with Crippen molar-refractivity contribution in [2.24, 2.45) is 0 Å². The summed E-state index contributed by atoms with van der Waals surface area (Å²) in [6, 6.07) is 6.69. The number of alkyl halides is 3. The first-order chi connectivity index (χ1) is 13.0. The molecule has 5 nitrogen and oxygen atoms in total. The van der Waals surface area contributed by atoms with Crippen LogP contribution in [0.2, 0.25) is 0 Å². The van der Waals surface area contributed by atoms with E-state index in [0.29, 0.717) is 31.5 Å². The lowest BCUT2D eigenvalue weighted by atomic mass is 10.0. The Balaban J connectivity index is 1.77. The Morgan fingerprint density at radius 1 is 1.21 bits per heavy atom. The number of aromatic nitrogens is 2. The predicted molar refractivity (Wildman–Crippen MR) is 101 cm³/mol. The van der Waals surface area contributed by atoms with E-state index in [1.807, 2.05) is 18.2 Å². The van der Waals surface area contributed by atoms with Crippen LogP contribution >= 0.6 is 0 Å². The molecule has 1 aromatic heterocycles. The molecule has 0 radical (unpaired) electrons. The SMILES string of the molecule is CCn1nc(C(F)(F)F)cc1Cc1ccc2c(c1)CC(NS(=O)(=O)C(C)C)C2. The van der Waals surface area contributed by atoms with E-state index >= 15 is 0 Å². The van der Waals surface area contributed by atoms with Gasteiger partial charge in [0.25, 0.3) is 0 Å². The summed E-state index contributed by atoms with van der Waals surface area (Å²) in [4.78, 5) is 0. The molecule has 0 aliphatic heterocycles. The van der Waals surface area contributed by atoms with Crippen LogP contribution in [-0.2, 0) is 42.0 Å². The number of aryl methyl sites for hydroxylation is 1. The van der Waals surface area contributed by atoms with Gasteiger partial charge in [-0.15, -0.1) is 0 Å². The highest BCUT2D eigenvalue weighted by Gasteiger charge is 2.34. The third-order valence-electron chi connectivity index (χ3n) is 4.99. The number of fused-ring (bicyclic) bond motifs is 1. The van der Waals surface area contributed by atoms with Gasteiger partial charge in [-0.05, 0) is 56.4 Å². The molecule has 2 aromatic rings. The van der Waals surface area contributed by atoms with Crippen molar-refractivity contribution in [2.75, 3.05) is 0 Å². The first-order valence-electron chi connectivity index (χ1n) is 9.25. The monoisotopic (exact) mass is 415 g/mol. The average molecular weight is 415 g/mol. The standard InChI is InChI=1S/C19H24F3N3O2S/c1-4-25-17(11-18(23-25)19(20,21)22)8-13-5-6-14-9-16(10-15(14)7-13)24-28(26,27)12(2)3/h5-7,11-12,16,24H,4,8-10H2,1-3H3. The molecule has 28 heavy (non-hydrogen) atoms. The smallest absolute Gasteiger partial charge is 0.269 e. The lowest BCUT2D eigenvalue weighted by Gasteiger charge is -2.14. The summed E-state index contributed by atoms with van der Waals surface area (Å²) in [6.45, 7) is 5.38. The number of sulfonamides is 1. The molecule has 0 bridgehead atoms. The third-order valence-corrected chi connectivity index (χ3v) is 6.90. The summed E-state index contributed by atoms with van der Waals surface area (Å²) >= 11 is 0. The van der Waals surface area contributed by atoms with Crippen molar-refractivity contribution in [3.8, 4) is 0 Å². The number of nitrogens with one attached hydrogen (secondary N) is 1. The molecule has 1 heterocycles. The highest BCUT2D eigenvalue weighted by Crippen LogP contribution is 2.30. The molecule has 1 aromatic carbocycles. The molecule has 0 fully saturated rings. The molecule has 0 saturated heterocycles. The van der Waals surface area contributed by atoms with Crippen molar-refractivity contribution in [2.45, 2.75) is 64.0 Å². The highest BCUT2D eigenvalue weighted by molar-refractivity contribution is 7.90. The largest absolute Gasteiger partial charge is 0.435 e. The molecule has 1 aliphatic carbocycles. The van der Waals surface area contributed by atoms with E-state index in [9.17, 15) is 21.6 Å². The van der Waals surface area contributed by atoms with Crippen LogP contribution in [0.4, 0.5) is 13.2 Å². The van der Waals surface area contributed by atoms with Gasteiger partial charge in [0.1, 0.15) is 0 Å². The van der Waals surface area contributed by atoms with Gasteiger partial charge >= 0.3 is 6.18 Å². The fourth-order valence-corrected chi connectivity index (χ4v) is 4.36. The number of hydrogen-bond donors (Lipinski definition) is 1. The van der Waals surface area contributed by atoms with Gasteiger partial charge in [-0.25, -0.2) is 13.1 Å². The molecule has 154 valence electrons. The Labute approximate surface area is 163 Å². The normalized spacial score (nSPS) is 17.3. The minimum absolute atomic E-state index is 0.185. The van der Waals surface area contributed by atoms with Crippen molar-refractivity contribution < 1.29 is 21.6 Å². The summed E-state index contributed by atoms with van der Waals surface area (Å²) in [7, 11) is -3.35. The lowest BCUT2D eigenvalue weighted by molar-refractivity contribution is -0.141. The minimum Gasteiger partial charge on any atom is -0.269 e. The van der Waals surface area contributed by atoms with Gasteiger partial charge in [-0.2, -0.15) is 18.3 Å². The van der Waals surface area contributed by atoms with Gasteiger partial charge < -0.3 is 0 Å². The lowest BCUT2D eigenvalue weighted by Crippen LogP contribution is -2.39. The van der Waals surface area contributed by atoms with Crippen molar-refractivity contribution in [1.82, 2.24) is 14.5 Å². The van der Waals surface area contributed by atoms with E-state index in [-0.39, 0.29) is 6.04 Å². The van der Waals surface area contributed by atoms with Crippen molar-refractivity contribution >= 4 is 10.0 Å². The van der Waals surface area contributed by atoms with Gasteiger partial charge in [0, 0.05) is 24.7 Å². The van der Waals surface area contributed by atoms with E-state index in [1.54, 1.807) is 20.8 Å². The number of rotatable bonds is 6. The fraction of sp³-hybridized carbons (Fsp3) is 0.526. The Bertz CT molecular complexity index is 965. The highest BCUT2D eigenvalue weighted by atomic mass is 32.2. The predicted octanol–water partition coefficient (Wildman–Crippen LogP) is 3.31. The van der Waals surface area contributed by atoms with Crippen molar-refractivity contribution in [3.63, 3.8) is 0 Å². The molecular formula is C19H24F3N3O2S. The zero-order valence-electron chi connectivity index (χ0n) is 16.0. The van der Waals surface area contributed by atoms with Gasteiger partial charge in [-0.3, -0.25) is 4.68 Å². The van der Waals surface area contributed by atoms with E-state index in [1.165, 1.54) is 4.68 Å². The Hall–Kier alpha value is -1.87. The molecule has 9 heteroatoms. The maximum Gasteiger partial charge on any atom is 0.435 e. The first-order valence-corrected chi connectivity index (χ1v) is 10.8. The molecule has 3 rings (SSSR count). The van der Waals surface area contributed by atoms with Crippen LogP contribution in [-0.4, -0.2) is 29.5 Å². The Kier molecular flexibility index (Phi) is 5.60. The zero-order chi connectivity index (χ0) is 20.7. The van der Waals surface area contributed by atoms with Crippen LogP contribution in [0.15, 0.2) is 24.3 Å². The molecule has 0 saturated carbocycles. The summed E-state index contributed by atoms with van der Waals surface area (Å²) in [5, 5.41) is 3.16. The summed E-state index contributed by atoms with van der Waals surface area (Å²) in [5.41, 5.74) is 2.61. The fourth-order valence-electron chi connectivity index (χ4n) is 3.45. The van der Waals surface area contributed by atoms with Gasteiger partial charge in [0.05, 0.1) is 5.25 Å². The van der Waals surface area contributed by atoms with Crippen LogP contribution in [0.5, 0.6) is 0 Å². The van der Waals surface area contributed by atoms with Crippen LogP contribution in [0, 0.1) is 0 Å². The van der Waals surface area contributed by atoms with Crippen LogP contribution in [0.1, 0.15) is 48.8 Å². The Morgan fingerprint density at radius 2 is 1.89 bits per heavy atom. The second kappa shape index (κ2) is 7.51. The second-order valence-electron chi connectivity index (χ2n) is 7.43. The third kappa shape index (κ3) is 4.41.